The molecule has 7 rings (SSSR count). The second kappa shape index (κ2) is 11.6. The molecule has 2 N–H and O–H groups in total. The molecule has 1 saturated carbocycles. The first-order valence-electron chi connectivity index (χ1n) is 15.2. The molecule has 1 aliphatic carbocycles. The van der Waals surface area contributed by atoms with E-state index < -0.39 is 17.8 Å². The van der Waals surface area contributed by atoms with Crippen LogP contribution in [0.1, 0.15) is 65.7 Å². The Kier molecular flexibility index (Phi) is 7.57. The molecule has 5 heterocycles. The van der Waals surface area contributed by atoms with Crippen LogP contribution in [-0.2, 0) is 36.1 Å². The summed E-state index contributed by atoms with van der Waals surface area (Å²) < 4.78 is 17.1. The number of likely N-dealkylation sites (tertiary alicyclic amines) is 1. The minimum absolute atomic E-state index is 0.157. The van der Waals surface area contributed by atoms with Crippen LogP contribution in [-0.4, -0.2) is 72.4 Å². The van der Waals surface area contributed by atoms with Crippen molar-refractivity contribution < 1.29 is 18.8 Å². The number of rotatable bonds is 8. The average Bonchev–Trinajstić information content (AvgIpc) is 3.68. The van der Waals surface area contributed by atoms with Gasteiger partial charge in [0.25, 0.3) is 5.91 Å². The number of imide groups is 1. The zero-order valence-electron chi connectivity index (χ0n) is 24.5. The molecule has 3 aliphatic heterocycles. The van der Waals surface area contributed by atoms with Crippen LogP contribution >= 0.6 is 11.6 Å². The van der Waals surface area contributed by atoms with Gasteiger partial charge in [0.2, 0.25) is 17.8 Å². The summed E-state index contributed by atoms with van der Waals surface area (Å²) in [6, 6.07) is 2.48. The van der Waals surface area contributed by atoms with Crippen LogP contribution in [0.25, 0.3) is 11.3 Å². The van der Waals surface area contributed by atoms with Gasteiger partial charge in [-0.1, -0.05) is 11.6 Å². The summed E-state index contributed by atoms with van der Waals surface area (Å²) in [6.45, 7) is 2.16. The highest BCUT2D eigenvalue weighted by Gasteiger charge is 2.39. The molecule has 0 spiro atoms. The van der Waals surface area contributed by atoms with Gasteiger partial charge in [-0.05, 0) is 62.1 Å². The lowest BCUT2D eigenvalue weighted by Gasteiger charge is -2.32. The van der Waals surface area contributed by atoms with Crippen molar-refractivity contribution in [3.8, 4) is 11.3 Å². The van der Waals surface area contributed by atoms with Crippen molar-refractivity contribution in [3.63, 3.8) is 0 Å². The van der Waals surface area contributed by atoms with E-state index >= 15 is 4.39 Å². The van der Waals surface area contributed by atoms with Gasteiger partial charge in [0.15, 0.2) is 0 Å². The number of hydrogen-bond acceptors (Lipinski definition) is 8. The van der Waals surface area contributed by atoms with Crippen molar-refractivity contribution in [1.82, 2.24) is 34.9 Å². The maximum atomic E-state index is 15.2. The standard InChI is InChI=1S/C31H34ClFN8O3/c1-39-26(10-17-2-3-17)22(13-35-39)28-23(32)14-34-31(38-28)36-20-6-8-40(9-7-20)15-19-11-18-16-41(30(44)21(18)12-24(19)33)25-4-5-27(42)37-29(25)43/h11-14,17,20,25H,2-10,15-16H2,1H3,(H,34,36,38)(H,37,42,43). The first-order valence-corrected chi connectivity index (χ1v) is 15.6. The van der Waals surface area contributed by atoms with Crippen LogP contribution in [0.15, 0.2) is 24.5 Å². The van der Waals surface area contributed by atoms with Crippen LogP contribution in [0.4, 0.5) is 10.3 Å². The molecule has 1 aromatic carbocycles. The van der Waals surface area contributed by atoms with Crippen molar-refractivity contribution in [1.29, 1.82) is 0 Å². The molecule has 3 amide bonds. The number of hydrogen-bond donors (Lipinski definition) is 2. The van der Waals surface area contributed by atoms with Crippen molar-refractivity contribution in [2.75, 3.05) is 18.4 Å². The van der Waals surface area contributed by atoms with Crippen molar-refractivity contribution >= 4 is 35.3 Å². The van der Waals surface area contributed by atoms with Crippen LogP contribution in [0, 0.1) is 11.7 Å². The van der Waals surface area contributed by atoms with Gasteiger partial charge in [-0.25, -0.2) is 14.4 Å². The van der Waals surface area contributed by atoms with E-state index in [1.54, 1.807) is 12.3 Å². The SMILES string of the molecule is Cn1ncc(-c2nc(NC3CCN(Cc4cc5c(cc4F)C(=O)N(C4CCC(=O)NC4=O)C5)CC3)ncc2Cl)c1CC1CC1. The van der Waals surface area contributed by atoms with Gasteiger partial charge in [0.1, 0.15) is 11.9 Å². The topological polar surface area (TPSA) is 125 Å². The average molecular weight is 621 g/mol. The molecular formula is C31H34ClFN8O3. The molecule has 0 radical (unpaired) electrons. The van der Waals surface area contributed by atoms with Gasteiger partial charge >= 0.3 is 0 Å². The highest BCUT2D eigenvalue weighted by Crippen LogP contribution is 2.37. The molecule has 44 heavy (non-hydrogen) atoms. The Bertz CT molecular complexity index is 1650. The molecular weight excluding hydrogens is 587 g/mol. The van der Waals surface area contributed by atoms with E-state index in [2.05, 4.69) is 25.6 Å². The fraction of sp³-hybridized carbons (Fsp3) is 0.484. The zero-order chi connectivity index (χ0) is 30.5. The maximum absolute atomic E-state index is 15.2. The van der Waals surface area contributed by atoms with Crippen LogP contribution in [0.3, 0.4) is 0 Å². The molecule has 2 saturated heterocycles. The minimum Gasteiger partial charge on any atom is -0.351 e. The lowest BCUT2D eigenvalue weighted by Crippen LogP contribution is -2.52. The molecule has 230 valence electrons. The smallest absolute Gasteiger partial charge is 0.255 e. The molecule has 4 aliphatic rings. The molecule has 13 heteroatoms. The Labute approximate surface area is 259 Å². The van der Waals surface area contributed by atoms with Gasteiger partial charge < -0.3 is 10.2 Å². The van der Waals surface area contributed by atoms with Crippen molar-refractivity contribution in [2.45, 2.75) is 70.1 Å². The molecule has 1 unspecified atom stereocenters. The molecule has 3 aromatic rings. The summed E-state index contributed by atoms with van der Waals surface area (Å²) in [6.07, 6.45) is 9.03. The zero-order valence-corrected chi connectivity index (χ0v) is 25.2. The van der Waals surface area contributed by atoms with E-state index in [9.17, 15) is 14.4 Å². The van der Waals surface area contributed by atoms with E-state index in [-0.39, 0.29) is 42.8 Å². The predicted molar refractivity (Wildman–Crippen MR) is 160 cm³/mol. The fourth-order valence-corrected chi connectivity index (χ4v) is 6.74. The van der Waals surface area contributed by atoms with E-state index in [1.165, 1.54) is 23.8 Å². The summed E-state index contributed by atoms with van der Waals surface area (Å²) >= 11 is 6.54. The van der Waals surface area contributed by atoms with Gasteiger partial charge in [-0.2, -0.15) is 5.10 Å². The van der Waals surface area contributed by atoms with E-state index in [0.29, 0.717) is 40.3 Å². The first kappa shape index (κ1) is 28.8. The molecule has 2 aromatic heterocycles. The Morgan fingerprint density at radius 3 is 2.61 bits per heavy atom. The number of aromatic nitrogens is 4. The van der Waals surface area contributed by atoms with Crippen LogP contribution in [0.5, 0.6) is 0 Å². The summed E-state index contributed by atoms with van der Waals surface area (Å²) in [4.78, 5) is 49.7. The number of piperidine rings is 2. The van der Waals surface area contributed by atoms with Crippen LogP contribution in [0.2, 0.25) is 5.02 Å². The summed E-state index contributed by atoms with van der Waals surface area (Å²) in [5, 5.41) is 10.7. The monoisotopic (exact) mass is 620 g/mol. The summed E-state index contributed by atoms with van der Waals surface area (Å²) in [7, 11) is 1.95. The number of fused-ring (bicyclic) bond motifs is 1. The van der Waals surface area contributed by atoms with Crippen molar-refractivity contribution in [2.24, 2.45) is 13.0 Å². The van der Waals surface area contributed by atoms with E-state index in [0.717, 1.165) is 43.6 Å². The Morgan fingerprint density at radius 1 is 1.07 bits per heavy atom. The van der Waals surface area contributed by atoms with Gasteiger partial charge in [-0.3, -0.25) is 29.3 Å². The second-order valence-corrected chi connectivity index (χ2v) is 12.8. The Balaban J connectivity index is 0.974. The third-order valence-corrected chi connectivity index (χ3v) is 9.52. The number of nitrogens with one attached hydrogen (secondary N) is 2. The highest BCUT2D eigenvalue weighted by molar-refractivity contribution is 6.33. The first-order chi connectivity index (χ1) is 21.2. The highest BCUT2D eigenvalue weighted by atomic mass is 35.5. The Hall–Kier alpha value is -3.90. The van der Waals surface area contributed by atoms with E-state index in [4.69, 9.17) is 16.6 Å². The number of halogens is 2. The number of carbonyl (C=O) groups is 3. The normalized spacial score (nSPS) is 21.1. The number of aryl methyl sites for hydroxylation is 1. The van der Waals surface area contributed by atoms with Gasteiger partial charge in [0.05, 0.1) is 23.1 Å². The lowest BCUT2D eigenvalue weighted by atomic mass is 10.0. The molecule has 3 fully saturated rings. The number of amides is 3. The minimum atomic E-state index is -0.722. The predicted octanol–water partition coefficient (Wildman–Crippen LogP) is 3.46. The van der Waals surface area contributed by atoms with Crippen LogP contribution < -0.4 is 10.6 Å². The molecule has 0 bridgehead atoms. The van der Waals surface area contributed by atoms with Crippen molar-refractivity contribution in [3.05, 3.63) is 57.8 Å². The van der Waals surface area contributed by atoms with Gasteiger partial charge in [-0.15, -0.1) is 0 Å². The summed E-state index contributed by atoms with van der Waals surface area (Å²) in [5.74, 6) is -0.388. The molecule has 11 nitrogen and oxygen atoms in total. The third-order valence-electron chi connectivity index (χ3n) is 9.25. The quantitative estimate of drug-likeness (QED) is 0.367. The molecule has 1 atom stereocenters. The summed E-state index contributed by atoms with van der Waals surface area (Å²) in [5.41, 5.74) is 4.29. The lowest BCUT2D eigenvalue weighted by molar-refractivity contribution is -0.136. The number of nitrogens with zero attached hydrogens (tertiary/aromatic N) is 6. The number of carbonyl (C=O) groups excluding carboxylic acids is 3. The Morgan fingerprint density at radius 2 is 1.86 bits per heavy atom. The maximum Gasteiger partial charge on any atom is 0.255 e. The second-order valence-electron chi connectivity index (χ2n) is 12.4. The fourth-order valence-electron chi connectivity index (χ4n) is 6.54. The number of anilines is 1. The third kappa shape index (κ3) is 5.68. The number of benzene rings is 1. The largest absolute Gasteiger partial charge is 0.351 e. The van der Waals surface area contributed by atoms with Gasteiger partial charge in [0, 0.05) is 68.1 Å². The van der Waals surface area contributed by atoms with E-state index in [1.807, 2.05) is 17.9 Å².